The summed E-state index contributed by atoms with van der Waals surface area (Å²) in [6, 6.07) is 20.2. The summed E-state index contributed by atoms with van der Waals surface area (Å²) < 4.78 is 11.8. The van der Waals surface area contributed by atoms with E-state index in [0.717, 1.165) is 87.9 Å². The molecule has 1 aliphatic rings. The van der Waals surface area contributed by atoms with Crippen LogP contribution in [0.15, 0.2) is 70.6 Å². The number of nitrogens with zero attached hydrogens (tertiary/aromatic N) is 1. The van der Waals surface area contributed by atoms with Gasteiger partial charge in [0.2, 0.25) is 0 Å². The summed E-state index contributed by atoms with van der Waals surface area (Å²) in [5.41, 5.74) is 2.61. The molecule has 1 aliphatic carbocycles. The fourth-order valence-corrected chi connectivity index (χ4v) is 6.21. The van der Waals surface area contributed by atoms with E-state index in [4.69, 9.17) is 14.5 Å². The molecule has 3 aromatic carbocycles. The van der Waals surface area contributed by atoms with Gasteiger partial charge in [0, 0.05) is 21.6 Å². The maximum atomic E-state index is 13.1. The van der Waals surface area contributed by atoms with E-state index in [1.54, 1.807) is 11.8 Å². The molecule has 40 heavy (non-hydrogen) atoms. The van der Waals surface area contributed by atoms with Gasteiger partial charge in [-0.3, -0.25) is 0 Å². The van der Waals surface area contributed by atoms with Gasteiger partial charge in [0.05, 0.1) is 17.7 Å². The second-order valence-electron chi connectivity index (χ2n) is 10.8. The number of aldehydes is 1. The summed E-state index contributed by atoms with van der Waals surface area (Å²) in [7, 11) is 0. The predicted molar refractivity (Wildman–Crippen MR) is 161 cm³/mol. The number of fused-ring (bicyclic) bond motifs is 3. The monoisotopic (exact) mass is 555 g/mol. The zero-order chi connectivity index (χ0) is 27.9. The van der Waals surface area contributed by atoms with Gasteiger partial charge in [-0.1, -0.05) is 56.1 Å². The highest BCUT2D eigenvalue weighted by Crippen LogP contribution is 2.37. The van der Waals surface area contributed by atoms with Crippen LogP contribution in [-0.4, -0.2) is 30.0 Å². The Kier molecular flexibility index (Phi) is 9.38. The minimum atomic E-state index is -0.322. The number of esters is 1. The second kappa shape index (κ2) is 13.3. The summed E-state index contributed by atoms with van der Waals surface area (Å²) in [4.78, 5) is 30.3. The van der Waals surface area contributed by atoms with Crippen LogP contribution in [0.3, 0.4) is 0 Å². The Hall–Kier alpha value is -3.38. The van der Waals surface area contributed by atoms with E-state index in [0.29, 0.717) is 5.56 Å². The molecule has 0 amide bonds. The third-order valence-electron chi connectivity index (χ3n) is 7.64. The number of benzene rings is 3. The van der Waals surface area contributed by atoms with E-state index < -0.39 is 0 Å². The Labute approximate surface area is 240 Å². The first-order valence-corrected chi connectivity index (χ1v) is 15.3. The van der Waals surface area contributed by atoms with Gasteiger partial charge in [-0.15, -0.1) is 0 Å². The molecule has 0 radical (unpaired) electrons. The van der Waals surface area contributed by atoms with Crippen LogP contribution in [0, 0.1) is 12.8 Å². The van der Waals surface area contributed by atoms with Crippen molar-refractivity contribution in [3.05, 3.63) is 71.8 Å². The van der Waals surface area contributed by atoms with Gasteiger partial charge in [0.15, 0.2) is 0 Å². The van der Waals surface area contributed by atoms with Gasteiger partial charge in [0.1, 0.15) is 23.2 Å². The molecule has 0 saturated heterocycles. The van der Waals surface area contributed by atoms with Crippen molar-refractivity contribution in [3.63, 3.8) is 0 Å². The van der Waals surface area contributed by atoms with Crippen LogP contribution in [0.25, 0.3) is 21.7 Å². The topological polar surface area (TPSA) is 65.5 Å². The third kappa shape index (κ3) is 6.84. The zero-order valence-electron chi connectivity index (χ0n) is 23.4. The number of aromatic nitrogens is 1. The van der Waals surface area contributed by atoms with Crippen LogP contribution in [0.5, 0.6) is 5.75 Å². The van der Waals surface area contributed by atoms with Crippen molar-refractivity contribution in [3.8, 4) is 5.75 Å². The number of carbonyl (C=O) groups excluding carboxylic acids is 2. The Morgan fingerprint density at radius 2 is 1.70 bits per heavy atom. The summed E-state index contributed by atoms with van der Waals surface area (Å²) in [6.45, 7) is 5.02. The molecule has 1 heterocycles. The zero-order valence-corrected chi connectivity index (χ0v) is 24.2. The summed E-state index contributed by atoms with van der Waals surface area (Å²) in [6.07, 6.45) is 8.62. The van der Waals surface area contributed by atoms with E-state index >= 15 is 0 Å². The van der Waals surface area contributed by atoms with E-state index in [-0.39, 0.29) is 18.0 Å². The fraction of sp³-hybridized carbons (Fsp3) is 0.382. The normalized spacial score (nSPS) is 17.1. The van der Waals surface area contributed by atoms with Crippen LogP contribution in [0.1, 0.15) is 74.2 Å². The van der Waals surface area contributed by atoms with Crippen LogP contribution in [0.4, 0.5) is 0 Å². The minimum Gasteiger partial charge on any atom is -0.494 e. The Balaban J connectivity index is 1.39. The molecule has 4 aromatic rings. The van der Waals surface area contributed by atoms with Crippen LogP contribution in [-0.2, 0) is 9.53 Å². The van der Waals surface area contributed by atoms with Gasteiger partial charge < -0.3 is 14.3 Å². The molecule has 5 nitrogen and oxygen atoms in total. The standard InChI is InChI=1S/C34H37NO4S/c1-3-4-5-6-19-38-26-13-15-28(16-14-26)40-33-31-21-25(34(37)39-27-11-8-24(22-36)9-12-27)10-18-29(31)30-17-7-23(2)20-32(30)35-33/h7,10,13-18,20-22,24,27H,3-6,8-9,11-12,19H2,1-2H3. The lowest BCUT2D eigenvalue weighted by Crippen LogP contribution is -2.25. The van der Waals surface area contributed by atoms with Crippen molar-refractivity contribution in [1.82, 2.24) is 4.98 Å². The summed E-state index contributed by atoms with van der Waals surface area (Å²) in [5, 5.41) is 3.89. The first-order valence-electron chi connectivity index (χ1n) is 14.4. The summed E-state index contributed by atoms with van der Waals surface area (Å²) in [5.74, 6) is 0.640. The molecule has 1 saturated carbocycles. The number of hydrogen-bond donors (Lipinski definition) is 0. The van der Waals surface area contributed by atoms with Crippen LogP contribution in [0.2, 0.25) is 0 Å². The summed E-state index contributed by atoms with van der Waals surface area (Å²) >= 11 is 1.59. The maximum absolute atomic E-state index is 13.1. The highest BCUT2D eigenvalue weighted by Gasteiger charge is 2.24. The molecular weight excluding hydrogens is 518 g/mol. The van der Waals surface area contributed by atoms with E-state index in [1.165, 1.54) is 19.3 Å². The molecule has 208 valence electrons. The molecular formula is C34H37NO4S. The molecule has 0 unspecified atom stereocenters. The van der Waals surface area contributed by atoms with Gasteiger partial charge >= 0.3 is 5.97 Å². The Bertz CT molecular complexity index is 1480. The van der Waals surface area contributed by atoms with Crippen molar-refractivity contribution in [2.24, 2.45) is 5.92 Å². The van der Waals surface area contributed by atoms with Crippen molar-refractivity contribution >= 4 is 45.7 Å². The molecule has 0 spiro atoms. The van der Waals surface area contributed by atoms with Crippen LogP contribution < -0.4 is 4.74 Å². The van der Waals surface area contributed by atoms with Crippen LogP contribution >= 0.6 is 11.8 Å². The molecule has 0 aliphatic heterocycles. The molecule has 1 aromatic heterocycles. The van der Waals surface area contributed by atoms with Crippen molar-refractivity contribution in [1.29, 1.82) is 0 Å². The van der Waals surface area contributed by atoms with Crippen molar-refractivity contribution in [2.45, 2.75) is 81.2 Å². The van der Waals surface area contributed by atoms with Gasteiger partial charge in [-0.05, 0) is 92.4 Å². The average molecular weight is 556 g/mol. The average Bonchev–Trinajstić information content (AvgIpc) is 2.98. The lowest BCUT2D eigenvalue weighted by Gasteiger charge is -2.25. The Morgan fingerprint density at radius 3 is 2.45 bits per heavy atom. The highest BCUT2D eigenvalue weighted by molar-refractivity contribution is 7.99. The first-order chi connectivity index (χ1) is 19.5. The molecule has 5 rings (SSSR count). The molecule has 6 heteroatoms. The number of unbranched alkanes of at least 4 members (excludes halogenated alkanes) is 3. The molecule has 1 fully saturated rings. The number of rotatable bonds is 11. The predicted octanol–water partition coefficient (Wildman–Crippen LogP) is 8.72. The molecule has 0 bridgehead atoms. The largest absolute Gasteiger partial charge is 0.494 e. The minimum absolute atomic E-state index is 0.0876. The Morgan fingerprint density at radius 1 is 0.925 bits per heavy atom. The maximum Gasteiger partial charge on any atom is 0.338 e. The second-order valence-corrected chi connectivity index (χ2v) is 11.8. The van der Waals surface area contributed by atoms with Crippen molar-refractivity contribution in [2.75, 3.05) is 6.61 Å². The lowest BCUT2D eigenvalue weighted by molar-refractivity contribution is -0.112. The number of pyridine rings is 1. The fourth-order valence-electron chi connectivity index (χ4n) is 5.29. The van der Waals surface area contributed by atoms with Gasteiger partial charge in [0.25, 0.3) is 0 Å². The third-order valence-corrected chi connectivity index (χ3v) is 8.65. The van der Waals surface area contributed by atoms with E-state index in [2.05, 4.69) is 44.2 Å². The number of ether oxygens (including phenoxy) is 2. The lowest BCUT2D eigenvalue weighted by atomic mass is 9.88. The molecule has 0 atom stereocenters. The highest BCUT2D eigenvalue weighted by atomic mass is 32.2. The SMILES string of the molecule is CCCCCCOc1ccc(Sc2nc3cc(C)ccc3c3ccc(C(=O)OC4CCC(C=O)CC4)cc23)cc1. The van der Waals surface area contributed by atoms with Crippen molar-refractivity contribution < 1.29 is 19.1 Å². The quantitative estimate of drug-likeness (QED) is 0.0798. The smallest absolute Gasteiger partial charge is 0.338 e. The van der Waals surface area contributed by atoms with Gasteiger partial charge in [-0.25, -0.2) is 9.78 Å². The van der Waals surface area contributed by atoms with E-state index in [1.807, 2.05) is 30.3 Å². The number of carbonyl (C=O) groups is 2. The van der Waals surface area contributed by atoms with Gasteiger partial charge in [-0.2, -0.15) is 0 Å². The van der Waals surface area contributed by atoms with E-state index in [9.17, 15) is 9.59 Å². The first kappa shape index (κ1) is 28.2. The number of hydrogen-bond acceptors (Lipinski definition) is 6. The number of aryl methyl sites for hydroxylation is 1. The molecule has 0 N–H and O–H groups in total.